The number of carboxylic acid groups (broad SMARTS) is 1. The van der Waals surface area contributed by atoms with Crippen LogP contribution in [0.15, 0.2) is 29.0 Å². The first-order valence-corrected chi connectivity index (χ1v) is 2.98. The van der Waals surface area contributed by atoms with Gasteiger partial charge >= 0.3 is 6.09 Å². The second-order valence-electron chi connectivity index (χ2n) is 1.80. The highest BCUT2D eigenvalue weighted by Gasteiger charge is 1.88. The Kier molecular flexibility index (Phi) is 2.32. The van der Waals surface area contributed by atoms with Crippen molar-refractivity contribution < 1.29 is 14.3 Å². The first-order valence-electron chi connectivity index (χ1n) is 2.98. The molecule has 1 amide bonds. The molecule has 4 heteroatoms. The second kappa shape index (κ2) is 3.46. The molecule has 0 saturated heterocycles. The Labute approximate surface area is 63.1 Å². The Hall–Kier alpha value is -1.71. The van der Waals surface area contributed by atoms with Crippen LogP contribution in [0.4, 0.5) is 4.79 Å². The van der Waals surface area contributed by atoms with Crippen molar-refractivity contribution in [1.82, 2.24) is 5.32 Å². The summed E-state index contributed by atoms with van der Waals surface area (Å²) in [6.45, 7) is 0. The molecule has 0 bridgehead atoms. The van der Waals surface area contributed by atoms with Crippen molar-refractivity contribution in [3.63, 3.8) is 0 Å². The van der Waals surface area contributed by atoms with Crippen LogP contribution in [0.25, 0.3) is 6.08 Å². The summed E-state index contributed by atoms with van der Waals surface area (Å²) in [4.78, 5) is 9.93. The second-order valence-corrected chi connectivity index (χ2v) is 1.80. The molecule has 0 unspecified atom stereocenters. The van der Waals surface area contributed by atoms with Gasteiger partial charge in [0.1, 0.15) is 5.76 Å². The van der Waals surface area contributed by atoms with Crippen LogP contribution in [0.3, 0.4) is 0 Å². The Bertz CT molecular complexity index is 251. The quantitative estimate of drug-likeness (QED) is 0.677. The number of rotatable bonds is 2. The van der Waals surface area contributed by atoms with Gasteiger partial charge in [0.25, 0.3) is 0 Å². The lowest BCUT2D eigenvalue weighted by molar-refractivity contribution is 0.198. The Balaban J connectivity index is 2.43. The van der Waals surface area contributed by atoms with Gasteiger partial charge in [0.05, 0.1) is 6.26 Å². The first kappa shape index (κ1) is 7.40. The van der Waals surface area contributed by atoms with E-state index in [1.54, 1.807) is 12.1 Å². The van der Waals surface area contributed by atoms with E-state index >= 15 is 0 Å². The molecule has 1 heterocycles. The fraction of sp³-hybridized carbons (Fsp3) is 0. The average Bonchev–Trinajstić information content (AvgIpc) is 2.39. The molecule has 0 spiro atoms. The monoisotopic (exact) mass is 153 g/mol. The topological polar surface area (TPSA) is 62.5 Å². The average molecular weight is 153 g/mol. The number of nitrogens with one attached hydrogen (secondary N) is 1. The van der Waals surface area contributed by atoms with E-state index in [4.69, 9.17) is 9.52 Å². The Morgan fingerprint density at radius 3 is 3.09 bits per heavy atom. The van der Waals surface area contributed by atoms with Crippen molar-refractivity contribution in [2.45, 2.75) is 0 Å². The van der Waals surface area contributed by atoms with E-state index < -0.39 is 6.09 Å². The van der Waals surface area contributed by atoms with Crippen LogP contribution in [0, 0.1) is 0 Å². The van der Waals surface area contributed by atoms with Crippen molar-refractivity contribution in [2.75, 3.05) is 0 Å². The summed E-state index contributed by atoms with van der Waals surface area (Å²) < 4.78 is 4.90. The van der Waals surface area contributed by atoms with E-state index in [1.807, 2.05) is 0 Å². The minimum absolute atomic E-state index is 0.610. The van der Waals surface area contributed by atoms with E-state index in [0.29, 0.717) is 5.76 Å². The molecule has 1 rings (SSSR count). The SMILES string of the molecule is O=C(O)NC=Cc1ccco1. The van der Waals surface area contributed by atoms with E-state index in [0.717, 1.165) is 0 Å². The molecule has 0 aliphatic heterocycles. The maximum absolute atomic E-state index is 9.93. The van der Waals surface area contributed by atoms with Crippen molar-refractivity contribution in [1.29, 1.82) is 0 Å². The largest absolute Gasteiger partial charge is 0.465 e. The van der Waals surface area contributed by atoms with Crippen molar-refractivity contribution in [3.8, 4) is 0 Å². The van der Waals surface area contributed by atoms with Crippen molar-refractivity contribution in [2.24, 2.45) is 0 Å². The molecule has 0 aromatic carbocycles. The number of hydrogen-bond donors (Lipinski definition) is 2. The van der Waals surface area contributed by atoms with Crippen molar-refractivity contribution in [3.05, 3.63) is 30.4 Å². The fourth-order valence-electron chi connectivity index (χ4n) is 0.581. The normalized spacial score (nSPS) is 10.2. The van der Waals surface area contributed by atoms with Gasteiger partial charge in [-0.3, -0.25) is 5.32 Å². The first-order chi connectivity index (χ1) is 5.29. The molecule has 0 fully saturated rings. The van der Waals surface area contributed by atoms with Crippen LogP contribution in [0.5, 0.6) is 0 Å². The van der Waals surface area contributed by atoms with Gasteiger partial charge in [-0.1, -0.05) is 0 Å². The molecule has 4 nitrogen and oxygen atoms in total. The summed E-state index contributed by atoms with van der Waals surface area (Å²) in [6.07, 6.45) is 3.24. The number of carbonyl (C=O) groups is 1. The molecule has 0 aliphatic rings. The van der Waals surface area contributed by atoms with E-state index in [1.165, 1.54) is 18.5 Å². The third kappa shape index (κ3) is 2.57. The third-order valence-electron chi connectivity index (χ3n) is 0.998. The minimum Gasteiger partial charge on any atom is -0.465 e. The summed E-state index contributed by atoms with van der Waals surface area (Å²) in [5.74, 6) is 0.610. The van der Waals surface area contributed by atoms with E-state index in [2.05, 4.69) is 5.32 Å². The van der Waals surface area contributed by atoms with Crippen LogP contribution in [0.2, 0.25) is 0 Å². The standard InChI is InChI=1S/C7H7NO3/c9-7(10)8-4-3-6-2-1-5-11-6/h1-5,8H,(H,9,10). The van der Waals surface area contributed by atoms with E-state index in [9.17, 15) is 4.79 Å². The van der Waals surface area contributed by atoms with Crippen LogP contribution in [-0.4, -0.2) is 11.2 Å². The summed E-state index contributed by atoms with van der Waals surface area (Å²) in [6, 6.07) is 3.44. The van der Waals surface area contributed by atoms with Crippen molar-refractivity contribution >= 4 is 12.2 Å². The molecular weight excluding hydrogens is 146 g/mol. The molecule has 1 aromatic heterocycles. The zero-order valence-electron chi connectivity index (χ0n) is 5.65. The molecule has 0 saturated carbocycles. The molecular formula is C7H7NO3. The van der Waals surface area contributed by atoms with Gasteiger partial charge in [0, 0.05) is 6.20 Å². The summed E-state index contributed by atoms with van der Waals surface area (Å²) >= 11 is 0. The molecule has 11 heavy (non-hydrogen) atoms. The maximum atomic E-state index is 9.93. The predicted octanol–water partition coefficient (Wildman–Crippen LogP) is 1.52. The Morgan fingerprint density at radius 2 is 2.55 bits per heavy atom. The molecule has 0 radical (unpaired) electrons. The number of furan rings is 1. The fourth-order valence-corrected chi connectivity index (χ4v) is 0.581. The summed E-state index contributed by atoms with van der Waals surface area (Å²) in [5, 5.41) is 10.2. The smallest absolute Gasteiger partial charge is 0.408 e. The van der Waals surface area contributed by atoms with Crippen LogP contribution < -0.4 is 5.32 Å². The van der Waals surface area contributed by atoms with Gasteiger partial charge in [-0.2, -0.15) is 0 Å². The zero-order valence-corrected chi connectivity index (χ0v) is 5.65. The predicted molar refractivity (Wildman–Crippen MR) is 38.9 cm³/mol. The van der Waals surface area contributed by atoms with Gasteiger partial charge in [-0.05, 0) is 18.2 Å². The van der Waals surface area contributed by atoms with Crippen LogP contribution in [-0.2, 0) is 0 Å². The summed E-state index contributed by atoms with van der Waals surface area (Å²) in [5.41, 5.74) is 0. The van der Waals surface area contributed by atoms with Gasteiger partial charge in [0.15, 0.2) is 0 Å². The molecule has 1 aromatic rings. The Morgan fingerprint density at radius 1 is 1.73 bits per heavy atom. The van der Waals surface area contributed by atoms with Gasteiger partial charge in [-0.25, -0.2) is 4.79 Å². The lowest BCUT2D eigenvalue weighted by Gasteiger charge is -1.87. The highest BCUT2D eigenvalue weighted by Crippen LogP contribution is 2.00. The van der Waals surface area contributed by atoms with Crippen LogP contribution in [0.1, 0.15) is 5.76 Å². The lowest BCUT2D eigenvalue weighted by atomic mass is 10.4. The van der Waals surface area contributed by atoms with Gasteiger partial charge in [-0.15, -0.1) is 0 Å². The molecule has 58 valence electrons. The number of amides is 1. The molecule has 0 aliphatic carbocycles. The van der Waals surface area contributed by atoms with Gasteiger partial charge < -0.3 is 9.52 Å². The lowest BCUT2D eigenvalue weighted by Crippen LogP contribution is -2.12. The van der Waals surface area contributed by atoms with Gasteiger partial charge in [0.2, 0.25) is 0 Å². The highest BCUT2D eigenvalue weighted by molar-refractivity contribution is 5.67. The third-order valence-corrected chi connectivity index (χ3v) is 0.998. The maximum Gasteiger partial charge on any atom is 0.408 e. The number of hydrogen-bond acceptors (Lipinski definition) is 2. The minimum atomic E-state index is -1.09. The molecule has 2 N–H and O–H groups in total. The highest BCUT2D eigenvalue weighted by atomic mass is 16.4. The summed E-state index contributed by atoms with van der Waals surface area (Å²) in [7, 11) is 0. The van der Waals surface area contributed by atoms with E-state index in [-0.39, 0.29) is 0 Å². The zero-order chi connectivity index (χ0) is 8.10. The van der Waals surface area contributed by atoms with Crippen LogP contribution >= 0.6 is 0 Å². The molecule has 0 atom stereocenters.